The Morgan fingerprint density at radius 3 is 1.00 bits per heavy atom. The summed E-state index contributed by atoms with van der Waals surface area (Å²) in [6, 6.07) is 0. The van der Waals surface area contributed by atoms with Crippen LogP contribution in [0.4, 0.5) is 0 Å². The van der Waals surface area contributed by atoms with E-state index in [2.05, 4.69) is 34.6 Å². The topological polar surface area (TPSA) is 78.9 Å². The first kappa shape index (κ1) is 55.4. The van der Waals surface area contributed by atoms with E-state index in [0.717, 1.165) is 69.6 Å². The van der Waals surface area contributed by atoms with Crippen molar-refractivity contribution in [3.05, 3.63) is 0 Å². The number of esters is 3. The summed E-state index contributed by atoms with van der Waals surface area (Å²) in [6.07, 6.45) is 43.8. The molecule has 0 N–H and O–H groups in total. The van der Waals surface area contributed by atoms with E-state index in [-0.39, 0.29) is 31.1 Å². The molecule has 6 heteroatoms. The van der Waals surface area contributed by atoms with Gasteiger partial charge in [-0.15, -0.1) is 0 Å². The second-order valence-electron chi connectivity index (χ2n) is 18.2. The molecule has 0 radical (unpaired) electrons. The van der Waals surface area contributed by atoms with Crippen LogP contribution in [0, 0.1) is 11.8 Å². The minimum absolute atomic E-state index is 0.0643. The Labute approximate surface area is 355 Å². The van der Waals surface area contributed by atoms with Crippen molar-refractivity contribution < 1.29 is 28.6 Å². The van der Waals surface area contributed by atoms with Gasteiger partial charge in [-0.25, -0.2) is 0 Å². The molecule has 0 saturated carbocycles. The summed E-state index contributed by atoms with van der Waals surface area (Å²) in [4.78, 5) is 37.7. The first-order chi connectivity index (χ1) is 27.8. The number of unbranched alkanes of at least 4 members (excludes halogenated alkanes) is 29. The second kappa shape index (κ2) is 44.0. The lowest BCUT2D eigenvalue weighted by molar-refractivity contribution is -0.167. The van der Waals surface area contributed by atoms with E-state index in [1.807, 2.05) is 0 Å². The van der Waals surface area contributed by atoms with Gasteiger partial charge in [-0.1, -0.05) is 240 Å². The maximum absolute atomic E-state index is 12.8. The zero-order chi connectivity index (χ0) is 41.9. The van der Waals surface area contributed by atoms with E-state index in [9.17, 15) is 14.4 Å². The van der Waals surface area contributed by atoms with Gasteiger partial charge in [0.2, 0.25) is 0 Å². The summed E-state index contributed by atoms with van der Waals surface area (Å²) in [7, 11) is 0. The van der Waals surface area contributed by atoms with Crippen LogP contribution >= 0.6 is 0 Å². The average molecular weight is 807 g/mol. The number of hydrogen-bond donors (Lipinski definition) is 0. The Morgan fingerprint density at radius 1 is 0.368 bits per heavy atom. The van der Waals surface area contributed by atoms with Gasteiger partial charge in [0.1, 0.15) is 13.2 Å². The normalized spacial score (nSPS) is 12.5. The van der Waals surface area contributed by atoms with Gasteiger partial charge in [-0.05, 0) is 31.1 Å². The third kappa shape index (κ3) is 43.8. The SMILES string of the molecule is CCCCCCCCCC(=O)OC[C@@H](COC(=O)CCCCCCCCCCCCCC(C)C)OC(=O)CCCCCCCCCCCCCCCCC(C)CC. The van der Waals surface area contributed by atoms with Crippen molar-refractivity contribution in [2.24, 2.45) is 11.8 Å². The van der Waals surface area contributed by atoms with Gasteiger partial charge in [0, 0.05) is 19.3 Å². The number of hydrogen-bond acceptors (Lipinski definition) is 6. The summed E-state index contributed by atoms with van der Waals surface area (Å²) in [5.74, 6) is 0.865. The van der Waals surface area contributed by atoms with E-state index in [4.69, 9.17) is 14.2 Å². The van der Waals surface area contributed by atoms with Gasteiger partial charge in [-0.2, -0.15) is 0 Å². The fourth-order valence-corrected chi connectivity index (χ4v) is 7.60. The van der Waals surface area contributed by atoms with Gasteiger partial charge < -0.3 is 14.2 Å². The van der Waals surface area contributed by atoms with Crippen molar-refractivity contribution in [1.82, 2.24) is 0 Å². The molecule has 338 valence electrons. The van der Waals surface area contributed by atoms with Gasteiger partial charge in [0.25, 0.3) is 0 Å². The molecule has 0 aromatic heterocycles. The zero-order valence-corrected chi connectivity index (χ0v) is 39.0. The highest BCUT2D eigenvalue weighted by Crippen LogP contribution is 2.18. The summed E-state index contributed by atoms with van der Waals surface area (Å²) >= 11 is 0. The molecule has 2 atom stereocenters. The summed E-state index contributed by atoms with van der Waals surface area (Å²) in [5.41, 5.74) is 0. The van der Waals surface area contributed by atoms with Gasteiger partial charge in [-0.3, -0.25) is 14.4 Å². The van der Waals surface area contributed by atoms with Crippen LogP contribution in [0.3, 0.4) is 0 Å². The van der Waals surface area contributed by atoms with Crippen molar-refractivity contribution in [1.29, 1.82) is 0 Å². The molecule has 1 unspecified atom stereocenters. The average Bonchev–Trinajstić information content (AvgIpc) is 3.19. The molecule has 6 nitrogen and oxygen atoms in total. The van der Waals surface area contributed by atoms with Crippen LogP contribution in [-0.4, -0.2) is 37.2 Å². The quantitative estimate of drug-likeness (QED) is 0.0346. The highest BCUT2D eigenvalue weighted by molar-refractivity contribution is 5.71. The van der Waals surface area contributed by atoms with Crippen LogP contribution in [0.1, 0.15) is 279 Å². The molecule has 0 aliphatic carbocycles. The number of carbonyl (C=O) groups is 3. The van der Waals surface area contributed by atoms with Gasteiger partial charge in [0.05, 0.1) is 0 Å². The molecule has 0 bridgehead atoms. The maximum atomic E-state index is 12.8. The number of ether oxygens (including phenoxy) is 3. The van der Waals surface area contributed by atoms with E-state index >= 15 is 0 Å². The second-order valence-corrected chi connectivity index (χ2v) is 18.2. The first-order valence-corrected chi connectivity index (χ1v) is 25.3. The molecule has 0 saturated heterocycles. The van der Waals surface area contributed by atoms with E-state index in [1.165, 1.54) is 167 Å². The smallest absolute Gasteiger partial charge is 0.306 e. The van der Waals surface area contributed by atoms with E-state index in [0.29, 0.717) is 19.3 Å². The van der Waals surface area contributed by atoms with Crippen LogP contribution in [0.5, 0.6) is 0 Å². The molecular weight excluding hydrogens is 709 g/mol. The molecule has 0 aliphatic rings. The monoisotopic (exact) mass is 807 g/mol. The molecular formula is C51H98O6. The van der Waals surface area contributed by atoms with Crippen LogP contribution in [0.25, 0.3) is 0 Å². The molecule has 0 heterocycles. The molecule has 0 aromatic rings. The predicted molar refractivity (Wildman–Crippen MR) is 243 cm³/mol. The lowest BCUT2D eigenvalue weighted by atomic mass is 9.99. The van der Waals surface area contributed by atoms with E-state index < -0.39 is 6.10 Å². The Morgan fingerprint density at radius 2 is 0.667 bits per heavy atom. The van der Waals surface area contributed by atoms with Crippen LogP contribution in [-0.2, 0) is 28.6 Å². The van der Waals surface area contributed by atoms with Gasteiger partial charge in [0.15, 0.2) is 6.10 Å². The third-order valence-corrected chi connectivity index (χ3v) is 11.8. The minimum atomic E-state index is -0.760. The maximum Gasteiger partial charge on any atom is 0.306 e. The lowest BCUT2D eigenvalue weighted by Crippen LogP contribution is -2.30. The largest absolute Gasteiger partial charge is 0.462 e. The van der Waals surface area contributed by atoms with Crippen molar-refractivity contribution >= 4 is 17.9 Å². The van der Waals surface area contributed by atoms with Crippen LogP contribution < -0.4 is 0 Å². The van der Waals surface area contributed by atoms with Crippen molar-refractivity contribution in [3.8, 4) is 0 Å². The number of carbonyl (C=O) groups excluding carboxylic acids is 3. The Bertz CT molecular complexity index is 872. The fourth-order valence-electron chi connectivity index (χ4n) is 7.60. The highest BCUT2D eigenvalue weighted by Gasteiger charge is 2.19. The van der Waals surface area contributed by atoms with Crippen molar-refractivity contribution in [3.63, 3.8) is 0 Å². The molecule has 0 aromatic carbocycles. The zero-order valence-electron chi connectivity index (χ0n) is 39.0. The lowest BCUT2D eigenvalue weighted by Gasteiger charge is -2.18. The molecule has 57 heavy (non-hydrogen) atoms. The third-order valence-electron chi connectivity index (χ3n) is 11.8. The summed E-state index contributed by atoms with van der Waals surface area (Å²) in [6.45, 7) is 11.4. The molecule has 0 spiro atoms. The summed E-state index contributed by atoms with van der Waals surface area (Å²) in [5, 5.41) is 0. The van der Waals surface area contributed by atoms with Crippen LogP contribution in [0.15, 0.2) is 0 Å². The Kier molecular flexibility index (Phi) is 42.7. The first-order valence-electron chi connectivity index (χ1n) is 25.3. The standard InChI is InChI=1S/C51H98O6/c1-6-8-9-10-24-31-36-41-49(52)55-44-48(45-56-50(53)42-37-32-27-22-19-15-16-20-25-29-34-39-46(3)4)57-51(54)43-38-33-28-23-18-14-12-11-13-17-21-26-30-35-40-47(5)7-2/h46-48H,6-45H2,1-5H3/t47?,48-/m0/s1. The molecule has 0 rings (SSSR count). The molecule has 0 amide bonds. The van der Waals surface area contributed by atoms with Gasteiger partial charge >= 0.3 is 17.9 Å². The van der Waals surface area contributed by atoms with Crippen molar-refractivity contribution in [2.75, 3.05) is 13.2 Å². The highest BCUT2D eigenvalue weighted by atomic mass is 16.6. The molecule has 0 fully saturated rings. The van der Waals surface area contributed by atoms with Crippen molar-refractivity contribution in [2.45, 2.75) is 285 Å². The minimum Gasteiger partial charge on any atom is -0.462 e. The Balaban J connectivity index is 4.21. The molecule has 0 aliphatic heterocycles. The Hall–Kier alpha value is -1.59. The fraction of sp³-hybridized carbons (Fsp3) is 0.941. The summed E-state index contributed by atoms with van der Waals surface area (Å²) < 4.78 is 16.7. The predicted octanol–water partition coefficient (Wildman–Crippen LogP) is 16.1. The van der Waals surface area contributed by atoms with E-state index in [1.54, 1.807) is 0 Å². The number of rotatable bonds is 45. The van der Waals surface area contributed by atoms with Crippen LogP contribution in [0.2, 0.25) is 0 Å².